The summed E-state index contributed by atoms with van der Waals surface area (Å²) in [5.74, 6) is 2.52. The van der Waals surface area contributed by atoms with Crippen LogP contribution in [0.25, 0.3) is 5.82 Å². The molecule has 2 atom stereocenters. The minimum atomic E-state index is -0.184. The van der Waals surface area contributed by atoms with Crippen molar-refractivity contribution < 1.29 is 4.79 Å². The number of hydrogen-bond acceptors (Lipinski definition) is 7. The zero-order valence-corrected chi connectivity index (χ0v) is 21.6. The van der Waals surface area contributed by atoms with Crippen molar-refractivity contribution in [2.24, 2.45) is 0 Å². The van der Waals surface area contributed by atoms with E-state index in [0.29, 0.717) is 16.4 Å². The smallest absolute Gasteiger partial charge is 0.257 e. The van der Waals surface area contributed by atoms with E-state index >= 15 is 0 Å². The Morgan fingerprint density at radius 3 is 2.66 bits per heavy atom. The first-order valence-corrected chi connectivity index (χ1v) is 13.0. The van der Waals surface area contributed by atoms with E-state index in [1.165, 1.54) is 12.8 Å². The van der Waals surface area contributed by atoms with Crippen molar-refractivity contribution in [3.8, 4) is 0 Å². The molecule has 35 heavy (non-hydrogen) atoms. The number of pyridine rings is 1. The molecule has 1 saturated heterocycles. The summed E-state index contributed by atoms with van der Waals surface area (Å²) < 4.78 is 2.01. The van der Waals surface area contributed by atoms with Crippen molar-refractivity contribution in [2.75, 3.05) is 50.9 Å². The number of nitrogens with one attached hydrogen (secondary N) is 2. The molecule has 0 spiro atoms. The summed E-state index contributed by atoms with van der Waals surface area (Å²) in [6.07, 6.45) is 9.18. The molecule has 5 rings (SSSR count). The van der Waals surface area contributed by atoms with Gasteiger partial charge in [0.15, 0.2) is 0 Å². The van der Waals surface area contributed by atoms with E-state index in [2.05, 4.69) is 51.5 Å². The monoisotopic (exact) mass is 498 g/mol. The first-order chi connectivity index (χ1) is 17.0. The standard InChI is InChI=1S/C25H35ClN8O/c1-4-20-19-14-22-29-21(33-11-7-8-12-33)15-23(34(22)30-19)31(2)10-6-5-9-27-24-18(25(35)32(20)3)13-17(26)16-28-24/h13-16,20-21,29H,4-12H2,1-3H3,(H,27,28)/t20-,21?/m0/s1. The van der Waals surface area contributed by atoms with Gasteiger partial charge in [0, 0.05) is 52.5 Å². The van der Waals surface area contributed by atoms with Crippen molar-refractivity contribution in [1.29, 1.82) is 0 Å². The van der Waals surface area contributed by atoms with Crippen molar-refractivity contribution in [3.63, 3.8) is 0 Å². The van der Waals surface area contributed by atoms with Crippen molar-refractivity contribution >= 4 is 35.0 Å². The van der Waals surface area contributed by atoms with Crippen LogP contribution in [0, 0.1) is 0 Å². The van der Waals surface area contributed by atoms with E-state index in [4.69, 9.17) is 16.7 Å². The molecule has 3 aliphatic rings. The Kier molecular flexibility index (Phi) is 6.88. The van der Waals surface area contributed by atoms with Crippen LogP contribution in [-0.4, -0.2) is 81.8 Å². The Morgan fingerprint density at radius 2 is 1.89 bits per heavy atom. The van der Waals surface area contributed by atoms with Crippen LogP contribution < -0.4 is 10.6 Å². The Hall–Kier alpha value is -2.78. The van der Waals surface area contributed by atoms with E-state index in [1.54, 1.807) is 17.2 Å². The number of aromatic nitrogens is 3. The second kappa shape index (κ2) is 10.1. The van der Waals surface area contributed by atoms with Gasteiger partial charge < -0.3 is 20.4 Å². The van der Waals surface area contributed by atoms with Gasteiger partial charge in [-0.1, -0.05) is 18.5 Å². The lowest BCUT2D eigenvalue weighted by atomic mass is 10.1. The van der Waals surface area contributed by atoms with E-state index in [-0.39, 0.29) is 18.1 Å². The van der Waals surface area contributed by atoms with E-state index < -0.39 is 0 Å². The molecule has 1 amide bonds. The number of likely N-dealkylation sites (tertiary alicyclic amines) is 1. The van der Waals surface area contributed by atoms with Crippen LogP contribution in [0.2, 0.25) is 5.02 Å². The van der Waals surface area contributed by atoms with Gasteiger partial charge in [0.2, 0.25) is 0 Å². The van der Waals surface area contributed by atoms with Gasteiger partial charge in [0.25, 0.3) is 5.91 Å². The third kappa shape index (κ3) is 4.71. The molecule has 2 bridgehead atoms. The van der Waals surface area contributed by atoms with Gasteiger partial charge in [0.1, 0.15) is 23.6 Å². The zero-order chi connectivity index (χ0) is 24.5. The third-order valence-electron chi connectivity index (χ3n) is 7.29. The average Bonchev–Trinajstić information content (AvgIpc) is 3.53. The number of anilines is 2. The molecule has 10 heteroatoms. The van der Waals surface area contributed by atoms with Crippen LogP contribution in [0.5, 0.6) is 0 Å². The molecule has 2 aromatic rings. The highest BCUT2D eigenvalue weighted by Gasteiger charge is 2.32. The fourth-order valence-corrected chi connectivity index (χ4v) is 5.46. The number of halogens is 1. The maximum Gasteiger partial charge on any atom is 0.257 e. The molecule has 0 saturated carbocycles. The summed E-state index contributed by atoms with van der Waals surface area (Å²) in [5, 5.41) is 12.5. The van der Waals surface area contributed by atoms with E-state index in [9.17, 15) is 4.79 Å². The SMILES string of the molecule is CC[C@H]1c2cc3n(n2)C(=CC(N2CCCC2)N3)N(C)CCCCNc2ncc(Cl)cc2C(=O)N1C. The number of carbonyl (C=O) groups excluding carboxylic acids is 1. The molecule has 3 aliphatic heterocycles. The second-order valence-electron chi connectivity index (χ2n) is 9.67. The first kappa shape index (κ1) is 23.9. The molecule has 188 valence electrons. The number of nitrogens with zero attached hydrogens (tertiary/aromatic N) is 6. The van der Waals surface area contributed by atoms with Crippen LogP contribution in [0.3, 0.4) is 0 Å². The molecule has 1 unspecified atom stereocenters. The van der Waals surface area contributed by atoms with Crippen molar-refractivity contribution in [2.45, 2.75) is 51.2 Å². The Morgan fingerprint density at radius 1 is 1.11 bits per heavy atom. The van der Waals surface area contributed by atoms with Gasteiger partial charge in [-0.2, -0.15) is 5.10 Å². The highest BCUT2D eigenvalue weighted by Crippen LogP contribution is 2.33. The molecule has 2 N–H and O–H groups in total. The van der Waals surface area contributed by atoms with Crippen LogP contribution >= 0.6 is 11.6 Å². The zero-order valence-electron chi connectivity index (χ0n) is 20.8. The van der Waals surface area contributed by atoms with E-state index in [1.807, 2.05) is 11.7 Å². The third-order valence-corrected chi connectivity index (χ3v) is 7.49. The van der Waals surface area contributed by atoms with Gasteiger partial charge in [-0.3, -0.25) is 9.69 Å². The van der Waals surface area contributed by atoms with Gasteiger partial charge in [-0.05, 0) is 44.2 Å². The fourth-order valence-electron chi connectivity index (χ4n) is 5.30. The summed E-state index contributed by atoms with van der Waals surface area (Å²) in [4.78, 5) is 24.6. The number of amides is 1. The molecule has 0 aromatic carbocycles. The Bertz CT molecular complexity index is 1110. The quantitative estimate of drug-likeness (QED) is 0.649. The average molecular weight is 499 g/mol. The lowest BCUT2D eigenvalue weighted by molar-refractivity contribution is 0.0723. The van der Waals surface area contributed by atoms with Crippen LogP contribution in [0.15, 0.2) is 24.4 Å². The predicted octanol–water partition coefficient (Wildman–Crippen LogP) is 3.94. The molecular formula is C25H35ClN8O. The number of carbonyl (C=O) groups is 1. The molecule has 0 radical (unpaired) electrons. The first-order valence-electron chi connectivity index (χ1n) is 12.7. The Labute approximate surface area is 212 Å². The minimum Gasteiger partial charge on any atom is -0.369 e. The molecule has 1 fully saturated rings. The van der Waals surface area contributed by atoms with Gasteiger partial charge in [0.05, 0.1) is 22.3 Å². The van der Waals surface area contributed by atoms with Gasteiger partial charge in [-0.15, -0.1) is 0 Å². The minimum absolute atomic E-state index is 0.119. The Balaban J connectivity index is 1.54. The van der Waals surface area contributed by atoms with Crippen LogP contribution in [0.4, 0.5) is 11.6 Å². The molecule has 5 heterocycles. The molecular weight excluding hydrogens is 464 g/mol. The lowest BCUT2D eigenvalue weighted by Crippen LogP contribution is -2.42. The molecule has 2 aromatic heterocycles. The highest BCUT2D eigenvalue weighted by molar-refractivity contribution is 6.31. The topological polar surface area (TPSA) is 81.6 Å². The van der Waals surface area contributed by atoms with Crippen molar-refractivity contribution in [1.82, 2.24) is 29.5 Å². The normalized spacial score (nSPS) is 23.7. The summed E-state index contributed by atoms with van der Waals surface area (Å²) in [6, 6.07) is 3.62. The predicted molar refractivity (Wildman–Crippen MR) is 139 cm³/mol. The molecule has 0 aliphatic carbocycles. The van der Waals surface area contributed by atoms with Gasteiger partial charge in [-0.25, -0.2) is 9.67 Å². The summed E-state index contributed by atoms with van der Waals surface area (Å²) in [7, 11) is 3.97. The fraction of sp³-hybridized carbons (Fsp3) is 0.560. The summed E-state index contributed by atoms with van der Waals surface area (Å²) >= 11 is 6.24. The molecule has 9 nitrogen and oxygen atoms in total. The van der Waals surface area contributed by atoms with Crippen LogP contribution in [-0.2, 0) is 0 Å². The highest BCUT2D eigenvalue weighted by atomic mass is 35.5. The lowest BCUT2D eigenvalue weighted by Gasteiger charge is -2.34. The summed E-state index contributed by atoms with van der Waals surface area (Å²) in [6.45, 7) is 5.92. The summed E-state index contributed by atoms with van der Waals surface area (Å²) in [5.41, 5.74) is 1.36. The number of rotatable bonds is 2. The number of fused-ring (bicyclic) bond motifs is 2. The maximum atomic E-state index is 13.6. The van der Waals surface area contributed by atoms with Crippen molar-refractivity contribution in [3.05, 3.63) is 40.7 Å². The van der Waals surface area contributed by atoms with E-state index in [0.717, 1.165) is 62.8 Å². The van der Waals surface area contributed by atoms with Crippen LogP contribution in [0.1, 0.15) is 61.1 Å². The second-order valence-corrected chi connectivity index (χ2v) is 10.1. The maximum absolute atomic E-state index is 13.6. The number of hydrogen-bond donors (Lipinski definition) is 2. The largest absolute Gasteiger partial charge is 0.369 e. The van der Waals surface area contributed by atoms with Gasteiger partial charge >= 0.3 is 0 Å².